The molecule has 100 valence electrons. The molecule has 1 amide bonds. The van der Waals surface area contributed by atoms with Gasteiger partial charge in [-0.05, 0) is 39.5 Å². The third-order valence-electron chi connectivity index (χ3n) is 2.75. The smallest absolute Gasteiger partial charge is 0.407 e. The lowest BCUT2D eigenvalue weighted by Crippen LogP contribution is -2.45. The van der Waals surface area contributed by atoms with Gasteiger partial charge in [-0.3, -0.25) is 0 Å². The summed E-state index contributed by atoms with van der Waals surface area (Å²) in [6.07, 6.45) is -4.16. The molecule has 2 atom stereocenters. The van der Waals surface area contributed by atoms with Crippen LogP contribution in [0, 0.1) is 11.8 Å². The van der Waals surface area contributed by atoms with E-state index in [-0.39, 0.29) is 13.0 Å². The Kier molecular flexibility index (Phi) is 3.94. The second-order valence-corrected chi connectivity index (χ2v) is 5.37. The van der Waals surface area contributed by atoms with Crippen LogP contribution in [0.3, 0.4) is 0 Å². The number of alkyl halides is 3. The van der Waals surface area contributed by atoms with Crippen LogP contribution in [0.1, 0.15) is 33.6 Å². The van der Waals surface area contributed by atoms with Crippen molar-refractivity contribution in [1.29, 1.82) is 0 Å². The Labute approximate surface area is 98.7 Å². The van der Waals surface area contributed by atoms with Gasteiger partial charge in [-0.1, -0.05) is 0 Å². The lowest BCUT2D eigenvalue weighted by Gasteiger charge is -2.37. The predicted octanol–water partition coefficient (Wildman–Crippen LogP) is 3.10. The standard InChI is InChI=1S/C11H18F3NO2/c1-10(2,3)17-9(16)15-6-7-4-5-8(7)11(12,13)14/h7-8H,4-6H2,1-3H3,(H,15,16)/t7-,8-/m0/s1. The summed E-state index contributed by atoms with van der Waals surface area (Å²) < 4.78 is 42.2. The monoisotopic (exact) mass is 253 g/mol. The molecule has 0 aromatic rings. The fourth-order valence-corrected chi connectivity index (χ4v) is 1.77. The molecular formula is C11H18F3NO2. The summed E-state index contributed by atoms with van der Waals surface area (Å²) in [7, 11) is 0. The van der Waals surface area contributed by atoms with Crippen molar-refractivity contribution in [2.45, 2.75) is 45.4 Å². The van der Waals surface area contributed by atoms with Crippen molar-refractivity contribution in [1.82, 2.24) is 5.32 Å². The zero-order valence-electron chi connectivity index (χ0n) is 10.2. The Balaban J connectivity index is 2.30. The van der Waals surface area contributed by atoms with Crippen LogP contribution in [0.15, 0.2) is 0 Å². The minimum atomic E-state index is -4.15. The molecule has 0 unspecified atom stereocenters. The van der Waals surface area contributed by atoms with Crippen LogP contribution in [0.4, 0.5) is 18.0 Å². The molecule has 0 saturated heterocycles. The van der Waals surface area contributed by atoms with Crippen LogP contribution in [0.5, 0.6) is 0 Å². The van der Waals surface area contributed by atoms with Crippen molar-refractivity contribution < 1.29 is 22.7 Å². The van der Waals surface area contributed by atoms with Gasteiger partial charge in [-0.2, -0.15) is 13.2 Å². The second-order valence-electron chi connectivity index (χ2n) is 5.37. The van der Waals surface area contributed by atoms with Crippen LogP contribution >= 0.6 is 0 Å². The van der Waals surface area contributed by atoms with Crippen molar-refractivity contribution in [3.63, 3.8) is 0 Å². The highest BCUT2D eigenvalue weighted by molar-refractivity contribution is 5.67. The Hall–Kier alpha value is -0.940. The van der Waals surface area contributed by atoms with Gasteiger partial charge in [0.15, 0.2) is 0 Å². The molecule has 1 saturated carbocycles. The third kappa shape index (κ3) is 4.44. The van der Waals surface area contributed by atoms with Gasteiger partial charge in [0.05, 0.1) is 5.92 Å². The van der Waals surface area contributed by atoms with Gasteiger partial charge in [0, 0.05) is 6.54 Å². The van der Waals surface area contributed by atoms with Gasteiger partial charge in [0.2, 0.25) is 0 Å². The number of nitrogens with one attached hydrogen (secondary N) is 1. The summed E-state index contributed by atoms with van der Waals surface area (Å²) in [4.78, 5) is 11.2. The van der Waals surface area contributed by atoms with Gasteiger partial charge in [-0.25, -0.2) is 4.79 Å². The minimum Gasteiger partial charge on any atom is -0.444 e. The van der Waals surface area contributed by atoms with E-state index >= 15 is 0 Å². The topological polar surface area (TPSA) is 38.3 Å². The molecule has 1 aliphatic carbocycles. The van der Waals surface area contributed by atoms with Gasteiger partial charge in [-0.15, -0.1) is 0 Å². The number of halogens is 3. The van der Waals surface area contributed by atoms with E-state index in [0.29, 0.717) is 6.42 Å². The van der Waals surface area contributed by atoms with Gasteiger partial charge in [0.1, 0.15) is 5.60 Å². The maximum absolute atomic E-state index is 12.4. The second kappa shape index (κ2) is 4.74. The number of hydrogen-bond donors (Lipinski definition) is 1. The molecule has 1 rings (SSSR count). The van der Waals surface area contributed by atoms with Crippen molar-refractivity contribution in [2.24, 2.45) is 11.8 Å². The van der Waals surface area contributed by atoms with E-state index < -0.39 is 29.7 Å². The van der Waals surface area contributed by atoms with Gasteiger partial charge >= 0.3 is 12.3 Å². The highest BCUT2D eigenvalue weighted by atomic mass is 19.4. The summed E-state index contributed by atoms with van der Waals surface area (Å²) in [6, 6.07) is 0. The van der Waals surface area contributed by atoms with E-state index in [1.54, 1.807) is 20.8 Å². The van der Waals surface area contributed by atoms with Gasteiger partial charge < -0.3 is 10.1 Å². The molecule has 0 aromatic heterocycles. The summed E-state index contributed by atoms with van der Waals surface area (Å²) >= 11 is 0. The fourth-order valence-electron chi connectivity index (χ4n) is 1.77. The highest BCUT2D eigenvalue weighted by Crippen LogP contribution is 2.45. The predicted molar refractivity (Wildman–Crippen MR) is 56.5 cm³/mol. The van der Waals surface area contributed by atoms with E-state index in [9.17, 15) is 18.0 Å². The first-order chi connectivity index (χ1) is 7.59. The molecule has 0 heterocycles. The number of alkyl carbamates (subject to hydrolysis) is 1. The SMILES string of the molecule is CC(C)(C)OC(=O)NC[C@@H]1CC[C@@H]1C(F)(F)F. The molecule has 0 radical (unpaired) electrons. The van der Waals surface area contributed by atoms with Crippen molar-refractivity contribution in [3.05, 3.63) is 0 Å². The van der Waals surface area contributed by atoms with Crippen molar-refractivity contribution in [3.8, 4) is 0 Å². The molecule has 0 aromatic carbocycles. The van der Waals surface area contributed by atoms with E-state index in [1.165, 1.54) is 0 Å². The Bertz CT molecular complexity index is 283. The number of hydrogen-bond acceptors (Lipinski definition) is 2. The van der Waals surface area contributed by atoms with Crippen LogP contribution in [0.2, 0.25) is 0 Å². The van der Waals surface area contributed by atoms with Crippen molar-refractivity contribution in [2.75, 3.05) is 6.54 Å². The quantitative estimate of drug-likeness (QED) is 0.821. The molecule has 1 aliphatic rings. The van der Waals surface area contributed by atoms with E-state index in [2.05, 4.69) is 5.32 Å². The Morgan fingerprint density at radius 3 is 2.24 bits per heavy atom. The highest BCUT2D eigenvalue weighted by Gasteiger charge is 2.49. The number of amides is 1. The fraction of sp³-hybridized carbons (Fsp3) is 0.909. The molecule has 0 bridgehead atoms. The zero-order chi connectivity index (χ0) is 13.3. The van der Waals surface area contributed by atoms with Crippen LogP contribution in [-0.2, 0) is 4.74 Å². The van der Waals surface area contributed by atoms with E-state index in [4.69, 9.17) is 4.74 Å². The molecule has 0 aliphatic heterocycles. The number of carbonyl (C=O) groups is 1. The molecular weight excluding hydrogens is 235 g/mol. The summed E-state index contributed by atoms with van der Waals surface area (Å²) in [6.45, 7) is 5.14. The number of ether oxygens (including phenoxy) is 1. The average Bonchev–Trinajstić information content (AvgIpc) is 1.94. The molecule has 1 fully saturated rings. The molecule has 3 nitrogen and oxygen atoms in total. The largest absolute Gasteiger partial charge is 0.444 e. The van der Waals surface area contributed by atoms with Crippen LogP contribution < -0.4 is 5.32 Å². The van der Waals surface area contributed by atoms with Crippen molar-refractivity contribution >= 4 is 6.09 Å². The molecule has 0 spiro atoms. The maximum atomic E-state index is 12.4. The first kappa shape index (κ1) is 14.1. The lowest BCUT2D eigenvalue weighted by atomic mass is 9.73. The first-order valence-corrected chi connectivity index (χ1v) is 5.63. The maximum Gasteiger partial charge on any atom is 0.407 e. The Morgan fingerprint density at radius 2 is 1.88 bits per heavy atom. The molecule has 6 heteroatoms. The first-order valence-electron chi connectivity index (χ1n) is 5.63. The van der Waals surface area contributed by atoms with Crippen LogP contribution in [-0.4, -0.2) is 24.4 Å². The molecule has 1 N–H and O–H groups in total. The third-order valence-corrected chi connectivity index (χ3v) is 2.75. The summed E-state index contributed by atoms with van der Waals surface area (Å²) in [5.74, 6) is -1.79. The van der Waals surface area contributed by atoms with E-state index in [1.807, 2.05) is 0 Å². The summed E-state index contributed by atoms with van der Waals surface area (Å²) in [5.41, 5.74) is -0.632. The zero-order valence-corrected chi connectivity index (χ0v) is 10.2. The minimum absolute atomic E-state index is 0.0269. The van der Waals surface area contributed by atoms with E-state index in [0.717, 1.165) is 0 Å². The molecule has 17 heavy (non-hydrogen) atoms. The number of rotatable bonds is 2. The normalized spacial score (nSPS) is 25.1. The average molecular weight is 253 g/mol. The number of carbonyl (C=O) groups excluding carboxylic acids is 1. The van der Waals surface area contributed by atoms with Gasteiger partial charge in [0.25, 0.3) is 0 Å². The summed E-state index contributed by atoms with van der Waals surface area (Å²) in [5, 5.41) is 2.38. The Morgan fingerprint density at radius 1 is 1.29 bits per heavy atom. The van der Waals surface area contributed by atoms with Crippen LogP contribution in [0.25, 0.3) is 0 Å². The lowest BCUT2D eigenvalue weighted by molar-refractivity contribution is -0.212.